The van der Waals surface area contributed by atoms with E-state index in [1.54, 1.807) is 24.3 Å². The van der Waals surface area contributed by atoms with Crippen molar-refractivity contribution in [2.75, 3.05) is 6.54 Å². The zero-order valence-electron chi connectivity index (χ0n) is 14.4. The highest BCUT2D eigenvalue weighted by molar-refractivity contribution is 6.31. The fourth-order valence-corrected chi connectivity index (χ4v) is 3.26. The summed E-state index contributed by atoms with van der Waals surface area (Å²) in [6.45, 7) is 1.96. The molecule has 2 aromatic rings. The number of carbonyl (C=O) groups excluding carboxylic acids is 3. The minimum atomic E-state index is -0.345. The van der Waals surface area contributed by atoms with Gasteiger partial charge in [0.15, 0.2) is 0 Å². The van der Waals surface area contributed by atoms with Gasteiger partial charge in [0, 0.05) is 24.0 Å². The Kier molecular flexibility index (Phi) is 5.38. The highest BCUT2D eigenvalue weighted by Crippen LogP contribution is 2.22. The maximum atomic E-state index is 12.3. The van der Waals surface area contributed by atoms with Crippen LogP contribution in [0.1, 0.15) is 39.6 Å². The van der Waals surface area contributed by atoms with Gasteiger partial charge >= 0.3 is 0 Å². The van der Waals surface area contributed by atoms with Crippen LogP contribution in [0.3, 0.4) is 0 Å². The molecule has 0 fully saturated rings. The molecule has 5 nitrogen and oxygen atoms in total. The highest BCUT2D eigenvalue weighted by atomic mass is 35.5. The maximum Gasteiger partial charge on any atom is 0.261 e. The van der Waals surface area contributed by atoms with Crippen LogP contribution in [0.25, 0.3) is 0 Å². The van der Waals surface area contributed by atoms with E-state index in [4.69, 9.17) is 11.6 Å². The van der Waals surface area contributed by atoms with Gasteiger partial charge in [0.05, 0.1) is 11.1 Å². The lowest BCUT2D eigenvalue weighted by atomic mass is 10.1. The largest absolute Gasteiger partial charge is 0.353 e. The first-order chi connectivity index (χ1) is 12.5. The lowest BCUT2D eigenvalue weighted by Crippen LogP contribution is -2.38. The zero-order chi connectivity index (χ0) is 18.7. The zero-order valence-corrected chi connectivity index (χ0v) is 15.1. The van der Waals surface area contributed by atoms with Crippen LogP contribution in [0, 0.1) is 0 Å². The van der Waals surface area contributed by atoms with E-state index < -0.39 is 0 Å². The Morgan fingerprint density at radius 2 is 1.62 bits per heavy atom. The summed E-state index contributed by atoms with van der Waals surface area (Å²) in [7, 11) is 0. The first-order valence-electron chi connectivity index (χ1n) is 8.45. The van der Waals surface area contributed by atoms with Gasteiger partial charge in [-0.25, -0.2) is 0 Å². The van der Waals surface area contributed by atoms with Gasteiger partial charge in [-0.2, -0.15) is 0 Å². The number of amides is 3. The van der Waals surface area contributed by atoms with Gasteiger partial charge in [-0.1, -0.05) is 41.9 Å². The second kappa shape index (κ2) is 7.70. The first-order valence-corrected chi connectivity index (χ1v) is 8.83. The normalized spacial score (nSPS) is 14.3. The van der Waals surface area contributed by atoms with Crippen LogP contribution in [0.5, 0.6) is 0 Å². The molecule has 6 heteroatoms. The third-order valence-electron chi connectivity index (χ3n) is 4.33. The number of benzene rings is 2. The van der Waals surface area contributed by atoms with Crippen LogP contribution >= 0.6 is 11.6 Å². The van der Waals surface area contributed by atoms with E-state index in [2.05, 4.69) is 5.32 Å². The summed E-state index contributed by atoms with van der Waals surface area (Å²) in [5, 5.41) is 3.55. The van der Waals surface area contributed by atoms with E-state index in [0.717, 1.165) is 10.5 Å². The summed E-state index contributed by atoms with van der Waals surface area (Å²) < 4.78 is 0. The number of nitrogens with one attached hydrogen (secondary N) is 1. The quantitative estimate of drug-likeness (QED) is 0.795. The van der Waals surface area contributed by atoms with Crippen molar-refractivity contribution >= 4 is 29.3 Å². The van der Waals surface area contributed by atoms with Crippen LogP contribution < -0.4 is 5.32 Å². The van der Waals surface area contributed by atoms with Gasteiger partial charge < -0.3 is 5.32 Å². The van der Waals surface area contributed by atoms with Gasteiger partial charge in [-0.3, -0.25) is 19.3 Å². The second-order valence-electron chi connectivity index (χ2n) is 6.32. The minimum absolute atomic E-state index is 0.0665. The lowest BCUT2D eigenvalue weighted by molar-refractivity contribution is -0.121. The predicted molar refractivity (Wildman–Crippen MR) is 99.2 cm³/mol. The summed E-state index contributed by atoms with van der Waals surface area (Å²) in [6.07, 6.45) is 0.677. The Labute approximate surface area is 156 Å². The summed E-state index contributed by atoms with van der Waals surface area (Å²) in [4.78, 5) is 37.9. The number of imide groups is 1. The molecule has 1 N–H and O–H groups in total. The molecule has 0 saturated heterocycles. The van der Waals surface area contributed by atoms with Crippen LogP contribution in [0.15, 0.2) is 48.5 Å². The van der Waals surface area contributed by atoms with E-state index in [0.29, 0.717) is 22.6 Å². The number of hydrogen-bond donors (Lipinski definition) is 1. The molecule has 0 unspecified atom stereocenters. The number of carbonyl (C=O) groups is 3. The molecule has 134 valence electrons. The molecule has 1 atom stereocenters. The molecule has 2 aromatic carbocycles. The van der Waals surface area contributed by atoms with Crippen molar-refractivity contribution in [3.05, 3.63) is 70.2 Å². The molecule has 0 saturated carbocycles. The second-order valence-corrected chi connectivity index (χ2v) is 6.73. The van der Waals surface area contributed by atoms with Crippen molar-refractivity contribution < 1.29 is 14.4 Å². The van der Waals surface area contributed by atoms with Gasteiger partial charge in [0.1, 0.15) is 0 Å². The van der Waals surface area contributed by atoms with Crippen molar-refractivity contribution in [2.45, 2.75) is 25.8 Å². The van der Waals surface area contributed by atoms with Crippen molar-refractivity contribution in [3.63, 3.8) is 0 Å². The Bertz CT molecular complexity index is 831. The molecule has 26 heavy (non-hydrogen) atoms. The van der Waals surface area contributed by atoms with E-state index in [1.165, 1.54) is 0 Å². The van der Waals surface area contributed by atoms with Crippen LogP contribution in [0.2, 0.25) is 5.02 Å². The van der Waals surface area contributed by atoms with Gasteiger partial charge in [-0.05, 0) is 37.1 Å². The Hall–Kier alpha value is -2.66. The fraction of sp³-hybridized carbons (Fsp3) is 0.250. The molecule has 3 amide bonds. The van der Waals surface area contributed by atoms with E-state index in [9.17, 15) is 14.4 Å². The number of hydrogen-bond acceptors (Lipinski definition) is 3. The molecule has 0 aliphatic carbocycles. The predicted octanol–water partition coefficient (Wildman–Crippen LogP) is 3.07. The summed E-state index contributed by atoms with van der Waals surface area (Å²) >= 11 is 6.13. The number of rotatable bonds is 6. The van der Waals surface area contributed by atoms with Crippen LogP contribution in [0.4, 0.5) is 0 Å². The molecule has 0 bridgehead atoms. The maximum absolute atomic E-state index is 12.3. The number of halogens is 1. The molecule has 1 aliphatic rings. The molecule has 0 aromatic heterocycles. The minimum Gasteiger partial charge on any atom is -0.353 e. The summed E-state index contributed by atoms with van der Waals surface area (Å²) in [6, 6.07) is 14.1. The number of nitrogens with zero attached hydrogens (tertiary/aromatic N) is 1. The van der Waals surface area contributed by atoms with E-state index in [1.807, 2.05) is 31.2 Å². The molecule has 1 heterocycles. The Morgan fingerprint density at radius 1 is 1.04 bits per heavy atom. The smallest absolute Gasteiger partial charge is 0.261 e. The molecule has 3 rings (SSSR count). The SMILES string of the molecule is C[C@H](Cc1ccccc1Cl)NC(=O)CCN1C(=O)c2ccccc2C1=O. The first kappa shape index (κ1) is 18.1. The molecule has 0 spiro atoms. The molecule has 0 radical (unpaired) electrons. The van der Waals surface area contributed by atoms with Gasteiger partial charge in [0.2, 0.25) is 5.91 Å². The van der Waals surface area contributed by atoms with Gasteiger partial charge in [-0.15, -0.1) is 0 Å². The fourth-order valence-electron chi connectivity index (χ4n) is 3.05. The third-order valence-corrected chi connectivity index (χ3v) is 4.70. The average molecular weight is 371 g/mol. The van der Waals surface area contributed by atoms with Crippen molar-refractivity contribution in [1.29, 1.82) is 0 Å². The van der Waals surface area contributed by atoms with Crippen molar-refractivity contribution in [1.82, 2.24) is 10.2 Å². The number of fused-ring (bicyclic) bond motifs is 1. The lowest BCUT2D eigenvalue weighted by Gasteiger charge is -2.17. The highest BCUT2D eigenvalue weighted by Gasteiger charge is 2.34. The van der Waals surface area contributed by atoms with Crippen LogP contribution in [-0.4, -0.2) is 35.2 Å². The summed E-state index contributed by atoms with van der Waals surface area (Å²) in [5.74, 6) is -0.897. The topological polar surface area (TPSA) is 66.5 Å². The van der Waals surface area contributed by atoms with Crippen molar-refractivity contribution in [3.8, 4) is 0 Å². The van der Waals surface area contributed by atoms with Gasteiger partial charge in [0.25, 0.3) is 11.8 Å². The van der Waals surface area contributed by atoms with E-state index >= 15 is 0 Å². The molecular formula is C20H19ClN2O3. The average Bonchev–Trinajstić information content (AvgIpc) is 2.86. The Balaban J connectivity index is 1.53. The monoisotopic (exact) mass is 370 g/mol. The molecular weight excluding hydrogens is 352 g/mol. The summed E-state index contributed by atoms with van der Waals surface area (Å²) in [5.41, 5.74) is 1.75. The third kappa shape index (κ3) is 3.78. The molecule has 1 aliphatic heterocycles. The van der Waals surface area contributed by atoms with Crippen molar-refractivity contribution in [2.24, 2.45) is 0 Å². The van der Waals surface area contributed by atoms with Crippen LogP contribution in [-0.2, 0) is 11.2 Å². The standard InChI is InChI=1S/C20H19ClN2O3/c1-13(12-14-6-2-5-9-17(14)21)22-18(24)10-11-23-19(25)15-7-3-4-8-16(15)20(23)26/h2-9,13H,10-12H2,1H3,(H,22,24)/t13-/m1/s1. The Morgan fingerprint density at radius 3 is 2.23 bits per heavy atom. The van der Waals surface area contributed by atoms with E-state index in [-0.39, 0.29) is 36.7 Å².